The molecule has 0 aromatic carbocycles. The highest BCUT2D eigenvalue weighted by molar-refractivity contribution is 6.29. The van der Waals surface area contributed by atoms with Crippen molar-refractivity contribution in [3.8, 4) is 5.88 Å². The highest BCUT2D eigenvalue weighted by Crippen LogP contribution is 2.26. The largest absolute Gasteiger partial charge is 0.474 e. The Hall–Kier alpha value is -0.830. The Morgan fingerprint density at radius 1 is 1.40 bits per heavy atom. The maximum atomic E-state index is 5.77. The fourth-order valence-electron chi connectivity index (χ4n) is 2.04. The molecule has 1 saturated carbocycles. The van der Waals surface area contributed by atoms with Crippen LogP contribution in [0, 0.1) is 5.92 Å². The van der Waals surface area contributed by atoms with E-state index in [0.717, 1.165) is 18.8 Å². The second-order valence-corrected chi connectivity index (χ2v) is 4.58. The van der Waals surface area contributed by atoms with Gasteiger partial charge in [0.05, 0.1) is 0 Å². The number of halogens is 1. The summed E-state index contributed by atoms with van der Waals surface area (Å²) in [5.41, 5.74) is 0. The van der Waals surface area contributed by atoms with Gasteiger partial charge in [0.25, 0.3) is 0 Å². The highest BCUT2D eigenvalue weighted by Gasteiger charge is 2.20. The van der Waals surface area contributed by atoms with E-state index in [1.807, 2.05) is 0 Å². The minimum absolute atomic E-state index is 0.291. The first-order valence-electron chi connectivity index (χ1n) is 5.38. The Bertz CT molecular complexity index is 332. The number of hydrogen-bond acceptors (Lipinski definition) is 3. The van der Waals surface area contributed by atoms with Crippen molar-refractivity contribution < 1.29 is 4.74 Å². The summed E-state index contributed by atoms with van der Waals surface area (Å²) in [6.45, 7) is 2.27. The predicted molar refractivity (Wildman–Crippen MR) is 59.1 cm³/mol. The molecule has 0 bridgehead atoms. The van der Waals surface area contributed by atoms with Gasteiger partial charge in [0.2, 0.25) is 5.88 Å². The molecule has 3 nitrogen and oxygen atoms in total. The van der Waals surface area contributed by atoms with Gasteiger partial charge in [-0.3, -0.25) is 0 Å². The Labute approximate surface area is 94.8 Å². The number of hydrogen-bond donors (Lipinski definition) is 0. The van der Waals surface area contributed by atoms with E-state index in [1.165, 1.54) is 19.2 Å². The van der Waals surface area contributed by atoms with Gasteiger partial charge in [-0.15, -0.1) is 0 Å². The van der Waals surface area contributed by atoms with Crippen LogP contribution in [0.25, 0.3) is 0 Å². The van der Waals surface area contributed by atoms with Crippen LogP contribution in [-0.2, 0) is 0 Å². The molecule has 0 spiro atoms. The lowest BCUT2D eigenvalue weighted by atomic mass is 9.89. The summed E-state index contributed by atoms with van der Waals surface area (Å²) in [6, 6.07) is 1.67. The van der Waals surface area contributed by atoms with Crippen LogP contribution in [0.3, 0.4) is 0 Å². The van der Waals surface area contributed by atoms with Gasteiger partial charge < -0.3 is 4.74 Å². The molecule has 1 fully saturated rings. The van der Waals surface area contributed by atoms with Crippen molar-refractivity contribution in [1.82, 2.24) is 9.97 Å². The molecule has 0 saturated heterocycles. The quantitative estimate of drug-likeness (QED) is 0.727. The molecule has 1 aliphatic carbocycles. The number of nitrogens with zero attached hydrogens (tertiary/aromatic N) is 2. The molecule has 0 aliphatic heterocycles. The Balaban J connectivity index is 1.96. The second-order valence-electron chi connectivity index (χ2n) is 4.19. The van der Waals surface area contributed by atoms with Crippen LogP contribution in [0.5, 0.6) is 5.88 Å². The lowest BCUT2D eigenvalue weighted by Crippen LogP contribution is -2.24. The third-order valence-electron chi connectivity index (χ3n) is 2.78. The van der Waals surface area contributed by atoms with Gasteiger partial charge in [-0.25, -0.2) is 9.97 Å². The lowest BCUT2D eigenvalue weighted by molar-refractivity contribution is 0.124. The van der Waals surface area contributed by atoms with E-state index in [2.05, 4.69) is 16.9 Å². The summed E-state index contributed by atoms with van der Waals surface area (Å²) >= 11 is 5.76. The van der Waals surface area contributed by atoms with E-state index in [1.54, 1.807) is 6.07 Å². The molecule has 2 unspecified atom stereocenters. The number of aromatic nitrogens is 2. The Morgan fingerprint density at radius 2 is 2.27 bits per heavy atom. The molecule has 2 rings (SSSR count). The van der Waals surface area contributed by atoms with Crippen molar-refractivity contribution in [3.63, 3.8) is 0 Å². The summed E-state index contributed by atoms with van der Waals surface area (Å²) in [5, 5.41) is 0.434. The third-order valence-corrected chi connectivity index (χ3v) is 2.99. The smallest absolute Gasteiger partial charge is 0.218 e. The molecular formula is C11H15ClN2O. The molecule has 1 aromatic rings. The average Bonchev–Trinajstić information content (AvgIpc) is 2.17. The molecule has 1 aromatic heterocycles. The summed E-state index contributed by atoms with van der Waals surface area (Å²) < 4.78 is 5.77. The maximum absolute atomic E-state index is 5.77. The normalized spacial score (nSPS) is 26.3. The van der Waals surface area contributed by atoms with Gasteiger partial charge in [0.15, 0.2) is 0 Å². The van der Waals surface area contributed by atoms with Crippen molar-refractivity contribution in [2.75, 3.05) is 0 Å². The fraction of sp³-hybridized carbons (Fsp3) is 0.636. The van der Waals surface area contributed by atoms with E-state index in [4.69, 9.17) is 16.3 Å². The second kappa shape index (κ2) is 4.79. The maximum Gasteiger partial charge on any atom is 0.218 e. The van der Waals surface area contributed by atoms with Crippen molar-refractivity contribution in [2.24, 2.45) is 5.92 Å². The first kappa shape index (κ1) is 10.7. The standard InChI is InChI=1S/C11H15ClN2O/c1-8-3-2-4-9(5-8)15-11-6-10(12)13-7-14-11/h6-9H,2-5H2,1H3. The van der Waals surface area contributed by atoms with Gasteiger partial charge in [-0.05, 0) is 25.2 Å². The Morgan fingerprint density at radius 3 is 3.00 bits per heavy atom. The van der Waals surface area contributed by atoms with Crippen LogP contribution in [0.1, 0.15) is 32.6 Å². The van der Waals surface area contributed by atoms with Gasteiger partial charge in [0.1, 0.15) is 17.6 Å². The van der Waals surface area contributed by atoms with Crippen molar-refractivity contribution in [1.29, 1.82) is 0 Å². The first-order chi connectivity index (χ1) is 7.24. The predicted octanol–water partition coefficient (Wildman–Crippen LogP) is 3.09. The van der Waals surface area contributed by atoms with E-state index in [9.17, 15) is 0 Å². The molecule has 2 atom stereocenters. The van der Waals surface area contributed by atoms with Crippen LogP contribution in [-0.4, -0.2) is 16.1 Å². The van der Waals surface area contributed by atoms with Gasteiger partial charge >= 0.3 is 0 Å². The number of ether oxygens (including phenoxy) is 1. The van der Waals surface area contributed by atoms with E-state index in [-0.39, 0.29) is 0 Å². The summed E-state index contributed by atoms with van der Waals surface area (Å²) in [4.78, 5) is 7.86. The minimum Gasteiger partial charge on any atom is -0.474 e. The van der Waals surface area contributed by atoms with E-state index < -0.39 is 0 Å². The molecular weight excluding hydrogens is 212 g/mol. The molecule has 15 heavy (non-hydrogen) atoms. The first-order valence-corrected chi connectivity index (χ1v) is 5.76. The average molecular weight is 227 g/mol. The SMILES string of the molecule is CC1CCCC(Oc2cc(Cl)ncn2)C1. The lowest BCUT2D eigenvalue weighted by Gasteiger charge is -2.26. The van der Waals surface area contributed by atoms with Crippen molar-refractivity contribution in [2.45, 2.75) is 38.7 Å². The van der Waals surface area contributed by atoms with Gasteiger partial charge in [0, 0.05) is 6.07 Å². The van der Waals surface area contributed by atoms with Crippen molar-refractivity contribution in [3.05, 3.63) is 17.5 Å². The van der Waals surface area contributed by atoms with E-state index in [0.29, 0.717) is 17.1 Å². The van der Waals surface area contributed by atoms with Crippen LogP contribution in [0.2, 0.25) is 5.15 Å². The molecule has 0 amide bonds. The van der Waals surface area contributed by atoms with Gasteiger partial charge in [-0.1, -0.05) is 24.9 Å². The molecule has 0 radical (unpaired) electrons. The molecule has 1 aliphatic rings. The van der Waals surface area contributed by atoms with Gasteiger partial charge in [-0.2, -0.15) is 0 Å². The highest BCUT2D eigenvalue weighted by atomic mass is 35.5. The van der Waals surface area contributed by atoms with Crippen LogP contribution < -0.4 is 4.74 Å². The topological polar surface area (TPSA) is 35.0 Å². The zero-order valence-electron chi connectivity index (χ0n) is 8.82. The zero-order valence-corrected chi connectivity index (χ0v) is 9.57. The monoisotopic (exact) mass is 226 g/mol. The van der Waals surface area contributed by atoms with Crippen LogP contribution >= 0.6 is 11.6 Å². The van der Waals surface area contributed by atoms with E-state index >= 15 is 0 Å². The molecule has 1 heterocycles. The van der Waals surface area contributed by atoms with Crippen LogP contribution in [0.4, 0.5) is 0 Å². The molecule has 82 valence electrons. The van der Waals surface area contributed by atoms with Crippen LogP contribution in [0.15, 0.2) is 12.4 Å². The third kappa shape index (κ3) is 3.06. The number of rotatable bonds is 2. The fourth-order valence-corrected chi connectivity index (χ4v) is 2.18. The molecule has 4 heteroatoms. The zero-order chi connectivity index (χ0) is 10.7. The summed E-state index contributed by atoms with van der Waals surface area (Å²) in [7, 11) is 0. The Kier molecular flexibility index (Phi) is 3.41. The summed E-state index contributed by atoms with van der Waals surface area (Å²) in [6.07, 6.45) is 6.51. The minimum atomic E-state index is 0.291. The van der Waals surface area contributed by atoms with Crippen molar-refractivity contribution >= 4 is 11.6 Å². The summed E-state index contributed by atoms with van der Waals surface area (Å²) in [5.74, 6) is 1.34. The molecule has 0 N–H and O–H groups in total.